The van der Waals surface area contributed by atoms with E-state index in [1.165, 1.54) is 22.3 Å². The Kier molecular flexibility index (Phi) is 31.0. The van der Waals surface area contributed by atoms with Gasteiger partial charge < -0.3 is 49.2 Å². The van der Waals surface area contributed by atoms with Gasteiger partial charge in [-0.2, -0.15) is 0 Å². The molecule has 0 aromatic carbocycles. The Morgan fingerprint density at radius 3 is 1.05 bits per heavy atom. The molecule has 11 unspecified atom stereocenters. The highest BCUT2D eigenvalue weighted by atomic mass is 16.5. The smallest absolute Gasteiger partial charge is 0.0874 e. The largest absolute Gasteiger partial charge is 0.390 e. The summed E-state index contributed by atoms with van der Waals surface area (Å²) >= 11 is 0. The van der Waals surface area contributed by atoms with Gasteiger partial charge in [0.05, 0.1) is 85.5 Å². The third-order valence-electron chi connectivity index (χ3n) is 12.5. The van der Waals surface area contributed by atoms with Crippen LogP contribution in [0.15, 0.2) is 59.3 Å². The summed E-state index contributed by atoms with van der Waals surface area (Å²) < 4.78 is 27.7. The van der Waals surface area contributed by atoms with Gasteiger partial charge in [0.2, 0.25) is 0 Å². The van der Waals surface area contributed by atoms with Gasteiger partial charge in [0.1, 0.15) is 0 Å². The van der Waals surface area contributed by atoms with Gasteiger partial charge in [0.15, 0.2) is 0 Å². The summed E-state index contributed by atoms with van der Waals surface area (Å²) in [6.07, 6.45) is 24.0. The van der Waals surface area contributed by atoms with Crippen LogP contribution in [0, 0.1) is 5.92 Å². The molecule has 5 rings (SSSR count). The molecule has 0 aliphatic heterocycles. The molecule has 0 radical (unpaired) electrons. The van der Waals surface area contributed by atoms with E-state index < -0.39 is 0 Å². The maximum Gasteiger partial charge on any atom is 0.0874 e. The molecule has 5 saturated carbocycles. The van der Waals surface area contributed by atoms with Gasteiger partial charge in [0.25, 0.3) is 0 Å². The van der Waals surface area contributed by atoms with Crippen molar-refractivity contribution in [3.05, 3.63) is 59.3 Å². The van der Waals surface area contributed by atoms with Crippen LogP contribution in [0.4, 0.5) is 0 Å². The summed E-state index contributed by atoms with van der Waals surface area (Å²) in [7, 11) is 1.65. The highest BCUT2D eigenvalue weighted by Gasteiger charge is 2.30. The number of aliphatic hydroxyl groups is 5. The molecule has 5 fully saturated rings. The number of hydrogen-bond acceptors (Lipinski definition) is 10. The zero-order valence-corrected chi connectivity index (χ0v) is 42.1. The number of methoxy groups -OCH3 is 1. The maximum absolute atomic E-state index is 9.75. The Bertz CT molecular complexity index is 1250. The van der Waals surface area contributed by atoms with Crippen molar-refractivity contribution >= 4 is 0 Å². The second-order valence-electron chi connectivity index (χ2n) is 19.1. The Morgan fingerprint density at radius 2 is 0.746 bits per heavy atom. The van der Waals surface area contributed by atoms with Crippen LogP contribution in [0.25, 0.3) is 0 Å². The van der Waals surface area contributed by atoms with Crippen molar-refractivity contribution in [3.8, 4) is 0 Å². The van der Waals surface area contributed by atoms with Crippen LogP contribution < -0.4 is 0 Å². The lowest BCUT2D eigenvalue weighted by atomic mass is 9.85. The lowest BCUT2D eigenvalue weighted by molar-refractivity contribution is -0.0751. The predicted octanol–water partition coefficient (Wildman–Crippen LogP) is 10.4. The molecular weight excluding hydrogens is 797 g/mol. The van der Waals surface area contributed by atoms with Crippen molar-refractivity contribution in [2.45, 2.75) is 265 Å². The molecule has 0 amide bonds. The first-order valence-electron chi connectivity index (χ1n) is 24.5. The SMILES string of the molecule is C/C=C1/CCC(O)C(OC(C)C)C1.C/C=C1/CCC(OC(C)C)C(O)C1.C/C=C1\CCC(O)C(OC(C)C)C1.C/C=C1\CCC(OC(C)C)C(O)C1.C=CC1CCC(O)C(OC)C1. The molecule has 63 heavy (non-hydrogen) atoms. The summed E-state index contributed by atoms with van der Waals surface area (Å²) in [6, 6.07) is 0. The van der Waals surface area contributed by atoms with Crippen LogP contribution in [0.1, 0.15) is 179 Å². The summed E-state index contributed by atoms with van der Waals surface area (Å²) in [5.74, 6) is 0.531. The fraction of sp³-hybridized carbons (Fsp3) is 0.811. The second kappa shape index (κ2) is 32.9. The first-order valence-corrected chi connectivity index (χ1v) is 24.5. The van der Waals surface area contributed by atoms with Crippen LogP contribution in [0.3, 0.4) is 0 Å². The molecule has 0 aromatic heterocycles. The van der Waals surface area contributed by atoms with E-state index in [9.17, 15) is 25.5 Å². The van der Waals surface area contributed by atoms with Crippen molar-refractivity contribution in [3.63, 3.8) is 0 Å². The van der Waals surface area contributed by atoms with Crippen molar-refractivity contribution in [1.29, 1.82) is 0 Å². The van der Waals surface area contributed by atoms with Crippen molar-refractivity contribution < 1.29 is 49.2 Å². The minimum Gasteiger partial charge on any atom is -0.390 e. The minimum absolute atomic E-state index is 0.0138. The van der Waals surface area contributed by atoms with E-state index >= 15 is 0 Å². The van der Waals surface area contributed by atoms with Crippen molar-refractivity contribution in [2.24, 2.45) is 5.92 Å². The molecule has 5 N–H and O–H groups in total. The van der Waals surface area contributed by atoms with Gasteiger partial charge >= 0.3 is 0 Å². The van der Waals surface area contributed by atoms with E-state index in [4.69, 9.17) is 23.7 Å². The quantitative estimate of drug-likeness (QED) is 0.134. The monoisotopic (exact) mass is 893 g/mol. The van der Waals surface area contributed by atoms with Crippen LogP contribution in [-0.4, -0.2) is 118 Å². The molecule has 10 nitrogen and oxygen atoms in total. The molecule has 0 bridgehead atoms. The van der Waals surface area contributed by atoms with E-state index in [2.05, 4.69) is 44.7 Å². The lowest BCUT2D eigenvalue weighted by Crippen LogP contribution is -2.35. The van der Waals surface area contributed by atoms with E-state index in [0.29, 0.717) is 5.92 Å². The molecule has 0 saturated heterocycles. The first-order chi connectivity index (χ1) is 29.8. The fourth-order valence-corrected chi connectivity index (χ4v) is 8.73. The van der Waals surface area contributed by atoms with Gasteiger partial charge in [-0.1, -0.05) is 52.7 Å². The average Bonchev–Trinajstić information content (AvgIpc) is 3.24. The molecule has 10 heteroatoms. The topological polar surface area (TPSA) is 147 Å². The van der Waals surface area contributed by atoms with Gasteiger partial charge in [0, 0.05) is 7.11 Å². The van der Waals surface area contributed by atoms with E-state index in [1.807, 2.05) is 75.3 Å². The van der Waals surface area contributed by atoms with E-state index in [-0.39, 0.29) is 85.5 Å². The van der Waals surface area contributed by atoms with Crippen molar-refractivity contribution in [1.82, 2.24) is 0 Å². The summed E-state index contributed by atoms with van der Waals surface area (Å²) in [6.45, 7) is 28.0. The molecule has 0 heterocycles. The molecule has 5 aliphatic carbocycles. The highest BCUT2D eigenvalue weighted by Crippen LogP contribution is 2.30. The van der Waals surface area contributed by atoms with Crippen LogP contribution >= 0.6 is 0 Å². The number of rotatable bonds is 10. The first kappa shape index (κ1) is 59.3. The molecule has 11 atom stereocenters. The summed E-state index contributed by atoms with van der Waals surface area (Å²) in [4.78, 5) is 0. The van der Waals surface area contributed by atoms with Gasteiger partial charge in [-0.25, -0.2) is 0 Å². The minimum atomic E-state index is -0.303. The Hall–Kier alpha value is -1.70. The zero-order chi connectivity index (χ0) is 47.6. The van der Waals surface area contributed by atoms with Gasteiger partial charge in [-0.15, -0.1) is 6.58 Å². The molecule has 5 aliphatic rings. The van der Waals surface area contributed by atoms with Crippen LogP contribution in [0.2, 0.25) is 0 Å². The van der Waals surface area contributed by atoms with E-state index in [0.717, 1.165) is 96.3 Å². The molecule has 0 aromatic rings. The number of ether oxygens (including phenoxy) is 5. The van der Waals surface area contributed by atoms with Crippen molar-refractivity contribution in [2.75, 3.05) is 7.11 Å². The van der Waals surface area contributed by atoms with Gasteiger partial charge in [-0.05, 0) is 185 Å². The molecule has 368 valence electrons. The Balaban J connectivity index is 0.000000394. The average molecular weight is 893 g/mol. The normalized spacial score (nSPS) is 33.8. The maximum atomic E-state index is 9.75. The predicted molar refractivity (Wildman–Crippen MR) is 259 cm³/mol. The van der Waals surface area contributed by atoms with Crippen LogP contribution in [-0.2, 0) is 23.7 Å². The Labute approximate surface area is 385 Å². The number of allylic oxidation sites excluding steroid dienone is 5. The third kappa shape index (κ3) is 24.6. The Morgan fingerprint density at radius 1 is 0.429 bits per heavy atom. The second-order valence-corrected chi connectivity index (χ2v) is 19.1. The third-order valence-corrected chi connectivity index (χ3v) is 12.5. The summed E-state index contributed by atoms with van der Waals surface area (Å²) in [5, 5.41) is 48.3. The lowest BCUT2D eigenvalue weighted by Gasteiger charge is -2.30. The van der Waals surface area contributed by atoms with E-state index in [1.54, 1.807) is 7.11 Å². The standard InChI is InChI=1S/4C11H20O2.C9H16O2/c2*1-4-9-5-6-11(10(12)7-9)13-8(2)3;2*1-4-9-5-6-10(12)11(7-9)13-8(2)3;1-3-7-4-5-8(10)9(6-7)11-2/h4*4,8,10-12H,5-7H2,1-3H3;3,7-10H,1,4-6H2,2H3/b9-4+;9-4-;9-4+;9-4-;. The fourth-order valence-electron chi connectivity index (χ4n) is 8.73. The number of aliphatic hydroxyl groups excluding tert-OH is 5. The van der Waals surface area contributed by atoms with Crippen LogP contribution in [0.5, 0.6) is 0 Å². The zero-order valence-electron chi connectivity index (χ0n) is 42.1. The van der Waals surface area contributed by atoms with Gasteiger partial charge in [-0.3, -0.25) is 0 Å². The highest BCUT2D eigenvalue weighted by molar-refractivity contribution is 5.09. The number of hydrogen-bond donors (Lipinski definition) is 5. The molecule has 0 spiro atoms. The summed E-state index contributed by atoms with van der Waals surface area (Å²) in [5.41, 5.74) is 5.54. The molecular formula is C53H96O10.